The van der Waals surface area contributed by atoms with E-state index in [1.54, 1.807) is 0 Å². The molecule has 1 aromatic heterocycles. The highest BCUT2D eigenvalue weighted by Crippen LogP contribution is 2.26. The Morgan fingerprint density at radius 1 is 0.958 bits per heavy atom. The van der Waals surface area contributed by atoms with Gasteiger partial charge in [0.1, 0.15) is 5.82 Å². The van der Waals surface area contributed by atoms with E-state index in [4.69, 9.17) is 0 Å². The van der Waals surface area contributed by atoms with Crippen LogP contribution in [0.3, 0.4) is 0 Å². The minimum Gasteiger partial charge on any atom is -0.352 e. The molecule has 4 rings (SSSR count). The van der Waals surface area contributed by atoms with E-state index in [9.17, 15) is 0 Å². The van der Waals surface area contributed by atoms with E-state index in [2.05, 4.69) is 60.4 Å². The highest BCUT2D eigenvalue weighted by atomic mass is 79.9. The van der Waals surface area contributed by atoms with Crippen molar-refractivity contribution in [1.29, 1.82) is 0 Å². The fourth-order valence-corrected chi connectivity index (χ4v) is 3.34. The minimum absolute atomic E-state index is 0.609. The second-order valence-corrected chi connectivity index (χ2v) is 6.64. The van der Waals surface area contributed by atoms with E-state index in [-0.39, 0.29) is 0 Å². The van der Waals surface area contributed by atoms with Crippen LogP contribution in [0.4, 0.5) is 17.5 Å². The SMILES string of the molecule is Brc1ccccc1Nc1nccc(N2CCc3ccccc3C2)n1. The lowest BCUT2D eigenvalue weighted by Gasteiger charge is -2.29. The van der Waals surface area contributed by atoms with Crippen molar-refractivity contribution >= 4 is 33.4 Å². The average molecular weight is 381 g/mol. The van der Waals surface area contributed by atoms with Crippen molar-refractivity contribution in [2.45, 2.75) is 13.0 Å². The monoisotopic (exact) mass is 380 g/mol. The number of benzene rings is 2. The van der Waals surface area contributed by atoms with E-state index in [0.29, 0.717) is 5.95 Å². The van der Waals surface area contributed by atoms with Crippen LogP contribution in [0, 0.1) is 0 Å². The van der Waals surface area contributed by atoms with Crippen LogP contribution in [0.15, 0.2) is 65.3 Å². The topological polar surface area (TPSA) is 41.1 Å². The molecule has 4 nitrogen and oxygen atoms in total. The molecule has 0 bridgehead atoms. The molecule has 0 spiro atoms. The standard InChI is InChI=1S/C19H17BrN4/c20-16-7-3-4-8-17(16)22-19-21-11-9-18(23-19)24-12-10-14-5-1-2-6-15(14)13-24/h1-9,11H,10,12-13H2,(H,21,22,23). The van der Waals surface area contributed by atoms with Crippen LogP contribution in [-0.4, -0.2) is 16.5 Å². The largest absolute Gasteiger partial charge is 0.352 e. The van der Waals surface area contributed by atoms with Crippen molar-refractivity contribution in [3.05, 3.63) is 76.4 Å². The number of fused-ring (bicyclic) bond motifs is 1. The second-order valence-electron chi connectivity index (χ2n) is 5.78. The molecule has 2 heterocycles. The number of rotatable bonds is 3. The molecule has 0 radical (unpaired) electrons. The fraction of sp³-hybridized carbons (Fsp3) is 0.158. The van der Waals surface area contributed by atoms with Crippen LogP contribution in [0.25, 0.3) is 0 Å². The van der Waals surface area contributed by atoms with E-state index in [0.717, 1.165) is 35.5 Å². The summed E-state index contributed by atoms with van der Waals surface area (Å²) in [7, 11) is 0. The highest BCUT2D eigenvalue weighted by molar-refractivity contribution is 9.10. The van der Waals surface area contributed by atoms with Gasteiger partial charge in [-0.3, -0.25) is 0 Å². The quantitative estimate of drug-likeness (QED) is 0.723. The molecule has 0 saturated carbocycles. The van der Waals surface area contributed by atoms with E-state index in [1.165, 1.54) is 11.1 Å². The molecule has 0 saturated heterocycles. The average Bonchev–Trinajstić information content (AvgIpc) is 2.63. The summed E-state index contributed by atoms with van der Waals surface area (Å²) in [4.78, 5) is 11.3. The Hall–Kier alpha value is -2.40. The Balaban J connectivity index is 1.56. The molecule has 2 aromatic carbocycles. The predicted octanol–water partition coefficient (Wildman–Crippen LogP) is 4.55. The van der Waals surface area contributed by atoms with Crippen molar-refractivity contribution in [3.63, 3.8) is 0 Å². The third-order valence-corrected chi connectivity index (χ3v) is 4.91. The van der Waals surface area contributed by atoms with E-state index >= 15 is 0 Å². The van der Waals surface area contributed by atoms with Gasteiger partial charge >= 0.3 is 0 Å². The number of hydrogen-bond donors (Lipinski definition) is 1. The summed E-state index contributed by atoms with van der Waals surface area (Å²) < 4.78 is 0.992. The lowest BCUT2D eigenvalue weighted by Crippen LogP contribution is -2.31. The summed E-state index contributed by atoms with van der Waals surface area (Å²) in [5.74, 6) is 1.56. The number of para-hydroxylation sites is 1. The lowest BCUT2D eigenvalue weighted by atomic mass is 10.00. The van der Waals surface area contributed by atoms with Gasteiger partial charge in [0.2, 0.25) is 5.95 Å². The molecule has 24 heavy (non-hydrogen) atoms. The summed E-state index contributed by atoms with van der Waals surface area (Å²) in [6, 6.07) is 18.6. The van der Waals surface area contributed by atoms with Crippen molar-refractivity contribution in [1.82, 2.24) is 9.97 Å². The van der Waals surface area contributed by atoms with Gasteiger partial charge in [-0.15, -0.1) is 0 Å². The van der Waals surface area contributed by atoms with Crippen molar-refractivity contribution in [2.24, 2.45) is 0 Å². The molecular weight excluding hydrogens is 364 g/mol. The Morgan fingerprint density at radius 3 is 2.62 bits per heavy atom. The maximum atomic E-state index is 4.69. The Bertz CT molecular complexity index is 865. The summed E-state index contributed by atoms with van der Waals surface area (Å²) in [5, 5.41) is 3.28. The predicted molar refractivity (Wildman–Crippen MR) is 101 cm³/mol. The van der Waals surface area contributed by atoms with Crippen LogP contribution >= 0.6 is 15.9 Å². The first kappa shape index (κ1) is 15.1. The smallest absolute Gasteiger partial charge is 0.229 e. The zero-order valence-corrected chi connectivity index (χ0v) is 14.7. The maximum absolute atomic E-state index is 4.69. The van der Waals surface area contributed by atoms with Gasteiger partial charge in [-0.05, 0) is 51.7 Å². The summed E-state index contributed by atoms with van der Waals surface area (Å²) in [6.45, 7) is 1.87. The molecule has 1 aliphatic rings. The molecule has 0 fully saturated rings. The first-order valence-corrected chi connectivity index (χ1v) is 8.75. The highest BCUT2D eigenvalue weighted by Gasteiger charge is 2.17. The van der Waals surface area contributed by atoms with Gasteiger partial charge in [0.05, 0.1) is 5.69 Å². The Labute approximate surface area is 149 Å². The van der Waals surface area contributed by atoms with Gasteiger partial charge in [-0.2, -0.15) is 4.98 Å². The second kappa shape index (κ2) is 6.61. The summed E-state index contributed by atoms with van der Waals surface area (Å²) in [6.07, 6.45) is 2.86. The Morgan fingerprint density at radius 2 is 1.75 bits per heavy atom. The van der Waals surface area contributed by atoms with Crippen LogP contribution < -0.4 is 10.2 Å². The van der Waals surface area contributed by atoms with Crippen LogP contribution in [-0.2, 0) is 13.0 Å². The van der Waals surface area contributed by atoms with Crippen LogP contribution in [0.1, 0.15) is 11.1 Å². The van der Waals surface area contributed by atoms with Gasteiger partial charge in [-0.1, -0.05) is 36.4 Å². The van der Waals surface area contributed by atoms with Crippen LogP contribution in [0.5, 0.6) is 0 Å². The molecule has 1 N–H and O–H groups in total. The molecule has 120 valence electrons. The first-order valence-electron chi connectivity index (χ1n) is 7.96. The number of aromatic nitrogens is 2. The minimum atomic E-state index is 0.609. The van der Waals surface area contributed by atoms with Gasteiger partial charge in [-0.25, -0.2) is 4.98 Å². The molecular formula is C19H17BrN4. The van der Waals surface area contributed by atoms with Crippen LogP contribution in [0.2, 0.25) is 0 Å². The molecule has 0 amide bonds. The lowest BCUT2D eigenvalue weighted by molar-refractivity contribution is 0.720. The molecule has 0 unspecified atom stereocenters. The van der Waals surface area contributed by atoms with E-state index in [1.807, 2.05) is 36.5 Å². The van der Waals surface area contributed by atoms with Gasteiger partial charge in [0.25, 0.3) is 0 Å². The third-order valence-electron chi connectivity index (χ3n) is 4.22. The number of anilines is 3. The van der Waals surface area contributed by atoms with Gasteiger partial charge in [0, 0.05) is 23.8 Å². The summed E-state index contributed by atoms with van der Waals surface area (Å²) in [5.41, 5.74) is 3.77. The fourth-order valence-electron chi connectivity index (χ4n) is 2.96. The molecule has 0 aliphatic carbocycles. The third kappa shape index (κ3) is 3.12. The number of nitrogens with zero attached hydrogens (tertiary/aromatic N) is 3. The zero-order valence-electron chi connectivity index (χ0n) is 13.1. The first-order chi connectivity index (χ1) is 11.8. The summed E-state index contributed by atoms with van der Waals surface area (Å²) >= 11 is 3.54. The zero-order chi connectivity index (χ0) is 16.4. The molecule has 5 heteroatoms. The van der Waals surface area contributed by atoms with Gasteiger partial charge < -0.3 is 10.2 Å². The molecule has 0 atom stereocenters. The van der Waals surface area contributed by atoms with Crippen molar-refractivity contribution in [2.75, 3.05) is 16.8 Å². The van der Waals surface area contributed by atoms with Crippen molar-refractivity contribution in [3.8, 4) is 0 Å². The number of nitrogens with one attached hydrogen (secondary N) is 1. The number of hydrogen-bond acceptors (Lipinski definition) is 4. The Kier molecular flexibility index (Phi) is 4.17. The van der Waals surface area contributed by atoms with Gasteiger partial charge in [0.15, 0.2) is 0 Å². The normalized spacial score (nSPS) is 13.5. The van der Waals surface area contributed by atoms with Crippen molar-refractivity contribution < 1.29 is 0 Å². The molecule has 1 aliphatic heterocycles. The number of halogens is 1. The van der Waals surface area contributed by atoms with E-state index < -0.39 is 0 Å². The maximum Gasteiger partial charge on any atom is 0.229 e. The molecule has 3 aromatic rings.